The Morgan fingerprint density at radius 1 is 1.60 bits per heavy atom. The molecule has 1 aliphatic rings. The van der Waals surface area contributed by atoms with Crippen molar-refractivity contribution in [1.82, 2.24) is 10.2 Å². The first kappa shape index (κ1) is 8.02. The summed E-state index contributed by atoms with van der Waals surface area (Å²) in [6.07, 6.45) is 2.55. The van der Waals surface area contributed by atoms with E-state index in [1.54, 1.807) is 0 Å². The Kier molecular flexibility index (Phi) is 2.32. The highest BCUT2D eigenvalue weighted by Crippen LogP contribution is 2.22. The van der Waals surface area contributed by atoms with E-state index in [0.29, 0.717) is 5.54 Å². The topological polar surface area (TPSA) is 15.3 Å². The van der Waals surface area contributed by atoms with Gasteiger partial charge >= 0.3 is 0 Å². The molecule has 0 aromatic carbocycles. The minimum atomic E-state index is 0.425. The van der Waals surface area contributed by atoms with Gasteiger partial charge in [-0.15, -0.1) is 0 Å². The van der Waals surface area contributed by atoms with Crippen LogP contribution in [0.5, 0.6) is 0 Å². The van der Waals surface area contributed by atoms with Gasteiger partial charge in [-0.3, -0.25) is 0 Å². The standard InChI is InChI=1S/C8H18N2/c1-4-8(9-2)5-6-10(3)7-8/h9H,4-7H2,1-3H3. The number of hydrogen-bond acceptors (Lipinski definition) is 2. The number of likely N-dealkylation sites (tertiary alicyclic amines) is 1. The molecule has 1 fully saturated rings. The molecule has 0 aromatic rings. The molecule has 1 unspecified atom stereocenters. The summed E-state index contributed by atoms with van der Waals surface area (Å²) in [6, 6.07) is 0. The van der Waals surface area contributed by atoms with Crippen LogP contribution in [0.3, 0.4) is 0 Å². The van der Waals surface area contributed by atoms with Crippen LogP contribution in [0.2, 0.25) is 0 Å². The molecule has 0 amide bonds. The third-order valence-electron chi connectivity index (χ3n) is 2.75. The summed E-state index contributed by atoms with van der Waals surface area (Å²) < 4.78 is 0. The van der Waals surface area contributed by atoms with Gasteiger partial charge in [-0.05, 0) is 33.5 Å². The van der Waals surface area contributed by atoms with Gasteiger partial charge in [0, 0.05) is 12.1 Å². The van der Waals surface area contributed by atoms with E-state index in [1.807, 2.05) is 0 Å². The molecule has 1 rings (SSSR count). The van der Waals surface area contributed by atoms with Crippen molar-refractivity contribution in [2.24, 2.45) is 0 Å². The lowest BCUT2D eigenvalue weighted by Crippen LogP contribution is -2.44. The van der Waals surface area contributed by atoms with E-state index in [1.165, 1.54) is 25.9 Å². The number of rotatable bonds is 2. The zero-order valence-corrected chi connectivity index (χ0v) is 7.28. The van der Waals surface area contributed by atoms with Crippen LogP contribution < -0.4 is 5.32 Å². The molecule has 10 heavy (non-hydrogen) atoms. The van der Waals surface area contributed by atoms with E-state index in [0.717, 1.165) is 0 Å². The van der Waals surface area contributed by atoms with Crippen LogP contribution in [0.4, 0.5) is 0 Å². The van der Waals surface area contributed by atoms with Gasteiger partial charge < -0.3 is 10.2 Å². The van der Waals surface area contributed by atoms with Crippen LogP contribution in [-0.4, -0.2) is 37.6 Å². The van der Waals surface area contributed by atoms with E-state index < -0.39 is 0 Å². The molecule has 1 heterocycles. The van der Waals surface area contributed by atoms with Gasteiger partial charge in [-0.1, -0.05) is 6.92 Å². The lowest BCUT2D eigenvalue weighted by molar-refractivity contribution is 0.320. The normalized spacial score (nSPS) is 35.1. The molecule has 0 aromatic heterocycles. The maximum atomic E-state index is 3.42. The fraction of sp³-hybridized carbons (Fsp3) is 1.00. The van der Waals surface area contributed by atoms with Gasteiger partial charge in [0.25, 0.3) is 0 Å². The number of hydrogen-bond donors (Lipinski definition) is 1. The summed E-state index contributed by atoms with van der Waals surface area (Å²) in [7, 11) is 4.26. The highest BCUT2D eigenvalue weighted by atomic mass is 15.2. The summed E-state index contributed by atoms with van der Waals surface area (Å²) in [5.41, 5.74) is 0.425. The molecule has 0 saturated carbocycles. The Bertz CT molecular complexity index is 108. The first-order valence-corrected chi connectivity index (χ1v) is 4.10. The molecule has 1 atom stereocenters. The predicted octanol–water partition coefficient (Wildman–Crippen LogP) is 0.690. The summed E-state index contributed by atoms with van der Waals surface area (Å²) in [5, 5.41) is 3.42. The Morgan fingerprint density at radius 2 is 2.30 bits per heavy atom. The average molecular weight is 142 g/mol. The number of likely N-dealkylation sites (N-methyl/N-ethyl adjacent to an activating group) is 2. The van der Waals surface area contributed by atoms with Crippen molar-refractivity contribution in [3.8, 4) is 0 Å². The Hall–Kier alpha value is -0.0800. The van der Waals surface area contributed by atoms with Gasteiger partial charge in [-0.2, -0.15) is 0 Å². The maximum absolute atomic E-state index is 3.42. The third kappa shape index (κ3) is 1.32. The fourth-order valence-electron chi connectivity index (χ4n) is 1.75. The second-order valence-corrected chi connectivity index (χ2v) is 3.37. The molecule has 0 spiro atoms. The van der Waals surface area contributed by atoms with Crippen LogP contribution in [0.15, 0.2) is 0 Å². The zero-order valence-electron chi connectivity index (χ0n) is 7.28. The van der Waals surface area contributed by atoms with Gasteiger partial charge in [-0.25, -0.2) is 0 Å². The van der Waals surface area contributed by atoms with Gasteiger partial charge in [0.15, 0.2) is 0 Å². The Balaban J connectivity index is 2.51. The predicted molar refractivity (Wildman–Crippen MR) is 44.2 cm³/mol. The van der Waals surface area contributed by atoms with Gasteiger partial charge in [0.05, 0.1) is 0 Å². The largest absolute Gasteiger partial charge is 0.313 e. The Morgan fingerprint density at radius 3 is 2.50 bits per heavy atom. The van der Waals surface area contributed by atoms with E-state index in [9.17, 15) is 0 Å². The molecule has 2 nitrogen and oxygen atoms in total. The lowest BCUT2D eigenvalue weighted by atomic mass is 9.96. The zero-order chi connectivity index (χ0) is 7.61. The summed E-state index contributed by atoms with van der Waals surface area (Å²) in [5.74, 6) is 0. The van der Waals surface area contributed by atoms with Crippen molar-refractivity contribution in [3.63, 3.8) is 0 Å². The second-order valence-electron chi connectivity index (χ2n) is 3.37. The summed E-state index contributed by atoms with van der Waals surface area (Å²) >= 11 is 0. The fourth-order valence-corrected chi connectivity index (χ4v) is 1.75. The van der Waals surface area contributed by atoms with Crippen molar-refractivity contribution in [1.29, 1.82) is 0 Å². The maximum Gasteiger partial charge on any atom is 0.0315 e. The van der Waals surface area contributed by atoms with Crippen molar-refractivity contribution in [2.75, 3.05) is 27.2 Å². The second kappa shape index (κ2) is 2.89. The molecule has 2 heteroatoms. The monoisotopic (exact) mass is 142 g/mol. The molecule has 1 aliphatic heterocycles. The molecular formula is C8H18N2. The van der Waals surface area contributed by atoms with E-state index in [-0.39, 0.29) is 0 Å². The van der Waals surface area contributed by atoms with E-state index in [4.69, 9.17) is 0 Å². The summed E-state index contributed by atoms with van der Waals surface area (Å²) in [6.45, 7) is 4.71. The average Bonchev–Trinajstić information content (AvgIpc) is 2.33. The van der Waals surface area contributed by atoms with Crippen molar-refractivity contribution in [3.05, 3.63) is 0 Å². The first-order chi connectivity index (χ1) is 4.72. The molecule has 1 saturated heterocycles. The van der Waals surface area contributed by atoms with Gasteiger partial charge in [0.1, 0.15) is 0 Å². The quantitative estimate of drug-likeness (QED) is 0.610. The third-order valence-corrected chi connectivity index (χ3v) is 2.75. The van der Waals surface area contributed by atoms with Crippen LogP contribution >= 0.6 is 0 Å². The molecule has 0 aliphatic carbocycles. The van der Waals surface area contributed by atoms with Gasteiger partial charge in [0.2, 0.25) is 0 Å². The van der Waals surface area contributed by atoms with Crippen LogP contribution in [0, 0.1) is 0 Å². The highest BCUT2D eigenvalue weighted by molar-refractivity contribution is 4.93. The minimum Gasteiger partial charge on any atom is -0.313 e. The molecule has 1 N–H and O–H groups in total. The Labute approximate surface area is 63.6 Å². The van der Waals surface area contributed by atoms with Crippen molar-refractivity contribution >= 4 is 0 Å². The number of nitrogens with one attached hydrogen (secondary N) is 1. The molecule has 0 radical (unpaired) electrons. The van der Waals surface area contributed by atoms with Crippen LogP contribution in [0.1, 0.15) is 19.8 Å². The van der Waals surface area contributed by atoms with Crippen molar-refractivity contribution < 1.29 is 0 Å². The van der Waals surface area contributed by atoms with E-state index in [2.05, 4.69) is 31.2 Å². The van der Waals surface area contributed by atoms with Crippen LogP contribution in [-0.2, 0) is 0 Å². The van der Waals surface area contributed by atoms with Crippen molar-refractivity contribution in [2.45, 2.75) is 25.3 Å². The summed E-state index contributed by atoms with van der Waals surface area (Å²) in [4.78, 5) is 2.39. The first-order valence-electron chi connectivity index (χ1n) is 4.10. The smallest absolute Gasteiger partial charge is 0.0315 e. The van der Waals surface area contributed by atoms with E-state index >= 15 is 0 Å². The minimum absolute atomic E-state index is 0.425. The molecule has 0 bridgehead atoms. The SMILES string of the molecule is CCC1(NC)CCN(C)C1. The number of nitrogens with zero attached hydrogens (tertiary/aromatic N) is 1. The highest BCUT2D eigenvalue weighted by Gasteiger charge is 2.32. The molecule has 60 valence electrons. The van der Waals surface area contributed by atoms with Crippen LogP contribution in [0.25, 0.3) is 0 Å². The molecular weight excluding hydrogens is 124 g/mol. The lowest BCUT2D eigenvalue weighted by Gasteiger charge is -2.26.